The van der Waals surface area contributed by atoms with Crippen molar-refractivity contribution in [1.82, 2.24) is 0 Å². The standard InChI is InChI=1S/C20H19NO3/c1-10(2)16-14-7-8-15(16)18-17(14)19(23)21(20(18)24)13-6-4-5-12(9-13)11(3)22/h4-9,14-15,17-18H,1-3H3/t14-,15+,17-,18-/m1/s1. The number of benzene rings is 1. The summed E-state index contributed by atoms with van der Waals surface area (Å²) in [6.07, 6.45) is 4.16. The molecule has 0 spiro atoms. The lowest BCUT2D eigenvalue weighted by molar-refractivity contribution is -0.122. The van der Waals surface area contributed by atoms with Gasteiger partial charge in [0.25, 0.3) is 0 Å². The number of allylic oxidation sites excluding steroid dienone is 4. The smallest absolute Gasteiger partial charge is 0.238 e. The Morgan fingerprint density at radius 2 is 1.54 bits per heavy atom. The lowest BCUT2D eigenvalue weighted by Crippen LogP contribution is -2.33. The minimum atomic E-state index is -0.293. The number of Topliss-reactive ketones (excluding diaryl/α,β-unsaturated/α-hetero) is 1. The molecule has 1 heterocycles. The summed E-state index contributed by atoms with van der Waals surface area (Å²) in [6.45, 7) is 5.57. The van der Waals surface area contributed by atoms with Crippen molar-refractivity contribution in [3.63, 3.8) is 0 Å². The van der Waals surface area contributed by atoms with Gasteiger partial charge in [-0.15, -0.1) is 0 Å². The van der Waals surface area contributed by atoms with E-state index in [1.165, 1.54) is 23.0 Å². The summed E-state index contributed by atoms with van der Waals surface area (Å²) < 4.78 is 0. The Kier molecular flexibility index (Phi) is 3.14. The van der Waals surface area contributed by atoms with Crippen LogP contribution < -0.4 is 4.90 Å². The molecular weight excluding hydrogens is 302 g/mol. The van der Waals surface area contributed by atoms with Gasteiger partial charge in [0.2, 0.25) is 11.8 Å². The van der Waals surface area contributed by atoms with Crippen molar-refractivity contribution in [3.8, 4) is 0 Å². The summed E-state index contributed by atoms with van der Waals surface area (Å²) in [4.78, 5) is 38.9. The lowest BCUT2D eigenvalue weighted by Gasteiger charge is -2.19. The van der Waals surface area contributed by atoms with Crippen LogP contribution >= 0.6 is 0 Å². The molecule has 122 valence electrons. The molecule has 1 aromatic carbocycles. The highest BCUT2D eigenvalue weighted by molar-refractivity contribution is 6.23. The SMILES string of the molecule is CC(=O)c1cccc(N2C(=O)[C@H]3[C@H](C2=O)[C@H]2C=C[C@@H]3C2=C(C)C)c1. The van der Waals surface area contributed by atoms with E-state index in [1.807, 2.05) is 13.8 Å². The van der Waals surface area contributed by atoms with Crippen LogP contribution in [0.25, 0.3) is 0 Å². The Bertz CT molecular complexity index is 810. The molecule has 4 heteroatoms. The fourth-order valence-corrected chi connectivity index (χ4v) is 4.55. The summed E-state index contributed by atoms with van der Waals surface area (Å²) in [5.74, 6) is -0.853. The van der Waals surface area contributed by atoms with Crippen LogP contribution in [0.4, 0.5) is 5.69 Å². The number of nitrogens with zero attached hydrogens (tertiary/aromatic N) is 1. The van der Waals surface area contributed by atoms with Gasteiger partial charge in [-0.25, -0.2) is 4.90 Å². The van der Waals surface area contributed by atoms with Crippen molar-refractivity contribution in [2.75, 3.05) is 4.90 Å². The molecule has 0 radical (unpaired) electrons. The van der Waals surface area contributed by atoms with Crippen molar-refractivity contribution in [1.29, 1.82) is 0 Å². The second-order valence-electron chi connectivity index (χ2n) is 7.06. The second-order valence-corrected chi connectivity index (χ2v) is 7.06. The van der Waals surface area contributed by atoms with Crippen LogP contribution in [0.2, 0.25) is 0 Å². The van der Waals surface area contributed by atoms with Crippen LogP contribution in [-0.4, -0.2) is 17.6 Å². The van der Waals surface area contributed by atoms with Crippen LogP contribution in [0, 0.1) is 23.7 Å². The van der Waals surface area contributed by atoms with E-state index >= 15 is 0 Å². The number of rotatable bonds is 2. The van der Waals surface area contributed by atoms with Crippen molar-refractivity contribution in [2.45, 2.75) is 20.8 Å². The number of anilines is 1. The molecule has 24 heavy (non-hydrogen) atoms. The van der Waals surface area contributed by atoms with Crippen LogP contribution in [-0.2, 0) is 9.59 Å². The van der Waals surface area contributed by atoms with E-state index in [9.17, 15) is 14.4 Å². The number of fused-ring (bicyclic) bond motifs is 5. The van der Waals surface area contributed by atoms with Crippen molar-refractivity contribution in [2.24, 2.45) is 23.7 Å². The molecule has 1 saturated carbocycles. The van der Waals surface area contributed by atoms with E-state index in [1.54, 1.807) is 24.3 Å². The summed E-state index contributed by atoms with van der Waals surface area (Å²) in [5, 5.41) is 0. The zero-order chi connectivity index (χ0) is 17.2. The van der Waals surface area contributed by atoms with Crippen molar-refractivity contribution < 1.29 is 14.4 Å². The molecule has 0 unspecified atom stereocenters. The summed E-state index contributed by atoms with van der Waals surface area (Å²) in [5.41, 5.74) is 3.46. The van der Waals surface area contributed by atoms with Crippen LogP contribution in [0.15, 0.2) is 47.6 Å². The molecule has 2 bridgehead atoms. The molecule has 2 amide bonds. The van der Waals surface area contributed by atoms with Crippen molar-refractivity contribution >= 4 is 23.3 Å². The highest BCUT2D eigenvalue weighted by Gasteiger charge is 2.61. The van der Waals surface area contributed by atoms with E-state index in [-0.39, 0.29) is 41.3 Å². The molecule has 1 aromatic rings. The number of amides is 2. The largest absolute Gasteiger partial charge is 0.295 e. The maximum Gasteiger partial charge on any atom is 0.238 e. The quantitative estimate of drug-likeness (QED) is 0.478. The topological polar surface area (TPSA) is 54.5 Å². The lowest BCUT2D eigenvalue weighted by atomic mass is 9.85. The van der Waals surface area contributed by atoms with Gasteiger partial charge in [-0.3, -0.25) is 14.4 Å². The Balaban J connectivity index is 1.76. The van der Waals surface area contributed by atoms with Gasteiger partial charge in [0, 0.05) is 17.4 Å². The van der Waals surface area contributed by atoms with E-state index in [0.29, 0.717) is 11.3 Å². The number of hydrogen-bond donors (Lipinski definition) is 0. The highest BCUT2D eigenvalue weighted by atomic mass is 16.2. The summed E-state index contributed by atoms with van der Waals surface area (Å²) >= 11 is 0. The first-order chi connectivity index (χ1) is 11.4. The first-order valence-electron chi connectivity index (χ1n) is 8.26. The van der Waals surface area contributed by atoms with Gasteiger partial charge in [-0.1, -0.05) is 35.4 Å². The van der Waals surface area contributed by atoms with Crippen LogP contribution in [0.5, 0.6) is 0 Å². The normalized spacial score (nSPS) is 30.3. The molecule has 3 aliphatic rings. The Morgan fingerprint density at radius 1 is 0.958 bits per heavy atom. The maximum absolute atomic E-state index is 13.0. The summed E-state index contributed by atoms with van der Waals surface area (Å²) in [7, 11) is 0. The first kappa shape index (κ1) is 15.1. The minimum absolute atomic E-state index is 0.0439. The van der Waals surface area contributed by atoms with Crippen molar-refractivity contribution in [3.05, 3.63) is 53.1 Å². The Labute approximate surface area is 140 Å². The monoisotopic (exact) mass is 321 g/mol. The highest BCUT2D eigenvalue weighted by Crippen LogP contribution is 2.57. The van der Waals surface area contributed by atoms with Gasteiger partial charge < -0.3 is 0 Å². The number of ketones is 1. The number of carbonyl (C=O) groups is 3. The Hall–Kier alpha value is -2.49. The molecule has 0 N–H and O–H groups in total. The minimum Gasteiger partial charge on any atom is -0.295 e. The van der Waals surface area contributed by atoms with Crippen LogP contribution in [0.1, 0.15) is 31.1 Å². The fourth-order valence-electron chi connectivity index (χ4n) is 4.55. The molecule has 1 aliphatic heterocycles. The second kappa shape index (κ2) is 5.00. The van der Waals surface area contributed by atoms with E-state index < -0.39 is 0 Å². The Morgan fingerprint density at radius 3 is 2.04 bits per heavy atom. The van der Waals surface area contributed by atoms with Gasteiger partial charge in [-0.2, -0.15) is 0 Å². The predicted molar refractivity (Wildman–Crippen MR) is 90.4 cm³/mol. The third kappa shape index (κ3) is 1.83. The fraction of sp³-hybridized carbons (Fsp3) is 0.350. The number of hydrogen-bond acceptors (Lipinski definition) is 3. The average Bonchev–Trinajstić information content (AvgIpc) is 3.17. The molecule has 2 aliphatic carbocycles. The molecule has 4 atom stereocenters. The van der Waals surface area contributed by atoms with E-state index in [2.05, 4.69) is 12.2 Å². The van der Waals surface area contributed by atoms with Gasteiger partial charge in [0.05, 0.1) is 17.5 Å². The maximum atomic E-state index is 13.0. The average molecular weight is 321 g/mol. The van der Waals surface area contributed by atoms with E-state index in [4.69, 9.17) is 0 Å². The molecule has 4 rings (SSSR count). The van der Waals surface area contributed by atoms with Gasteiger partial charge in [0.15, 0.2) is 5.78 Å². The predicted octanol–water partition coefficient (Wildman–Crippen LogP) is 3.15. The van der Waals surface area contributed by atoms with Crippen LogP contribution in [0.3, 0.4) is 0 Å². The summed E-state index contributed by atoms with van der Waals surface area (Å²) in [6, 6.07) is 6.77. The number of carbonyl (C=O) groups excluding carboxylic acids is 3. The van der Waals surface area contributed by atoms with E-state index in [0.717, 1.165) is 0 Å². The zero-order valence-corrected chi connectivity index (χ0v) is 13.9. The molecule has 2 fully saturated rings. The number of imide groups is 1. The first-order valence-corrected chi connectivity index (χ1v) is 8.26. The molecule has 0 aromatic heterocycles. The van der Waals surface area contributed by atoms with Gasteiger partial charge in [-0.05, 0) is 32.9 Å². The van der Waals surface area contributed by atoms with Gasteiger partial charge in [0.1, 0.15) is 0 Å². The van der Waals surface area contributed by atoms with Gasteiger partial charge >= 0.3 is 0 Å². The molecule has 1 saturated heterocycles. The molecule has 4 nitrogen and oxygen atoms in total. The third-order valence-electron chi connectivity index (χ3n) is 5.50. The third-order valence-corrected chi connectivity index (χ3v) is 5.50. The zero-order valence-electron chi connectivity index (χ0n) is 13.9. The molecular formula is C20H19NO3.